The monoisotopic (exact) mass is 358 g/mol. The number of benzene rings is 1. The van der Waals surface area contributed by atoms with Gasteiger partial charge < -0.3 is 10.2 Å². The molecular weight excluding hydrogens is 336 g/mol. The molecule has 1 spiro atoms. The summed E-state index contributed by atoms with van der Waals surface area (Å²) >= 11 is 0. The first-order valence-electron chi connectivity index (χ1n) is 8.78. The number of fused-ring (bicyclic) bond motifs is 2. The molecule has 1 saturated heterocycles. The lowest BCUT2D eigenvalue weighted by molar-refractivity contribution is -0.122. The van der Waals surface area contributed by atoms with Crippen LogP contribution in [0.15, 0.2) is 36.7 Å². The van der Waals surface area contributed by atoms with Crippen LogP contribution in [0.5, 0.6) is 0 Å². The summed E-state index contributed by atoms with van der Waals surface area (Å²) in [7, 11) is 1.93. The third-order valence-electron chi connectivity index (χ3n) is 6.03. The number of nitrogens with one attached hydrogen (secondary N) is 1. The van der Waals surface area contributed by atoms with Crippen molar-refractivity contribution in [2.75, 3.05) is 24.5 Å². The number of anilines is 1. The molecule has 2 fully saturated rings. The number of halogens is 1. The summed E-state index contributed by atoms with van der Waals surface area (Å²) in [6.45, 7) is 2.47. The maximum Gasteiger partial charge on any atom is 0.232 e. The summed E-state index contributed by atoms with van der Waals surface area (Å²) in [6.07, 6.45) is 6.36. The maximum atomic E-state index is 13.4. The van der Waals surface area contributed by atoms with Gasteiger partial charge in [0.05, 0.1) is 12.1 Å². The topological polar surface area (TPSA) is 50.2 Å². The Balaban J connectivity index is 0.00000157. The number of carbonyl (C=O) groups is 1. The van der Waals surface area contributed by atoms with Crippen LogP contribution in [0.1, 0.15) is 29.9 Å². The zero-order valence-corrected chi connectivity index (χ0v) is 15.1. The lowest BCUT2D eigenvalue weighted by Crippen LogP contribution is -2.39. The van der Waals surface area contributed by atoms with Gasteiger partial charge in [0.25, 0.3) is 0 Å². The van der Waals surface area contributed by atoms with Gasteiger partial charge in [0, 0.05) is 49.9 Å². The van der Waals surface area contributed by atoms with Crippen LogP contribution in [0.2, 0.25) is 0 Å². The molecule has 1 amide bonds. The van der Waals surface area contributed by atoms with Crippen molar-refractivity contribution in [1.29, 1.82) is 0 Å². The Labute approximate surface area is 153 Å². The average Bonchev–Trinajstić information content (AvgIpc) is 2.94. The summed E-state index contributed by atoms with van der Waals surface area (Å²) in [5.41, 5.74) is 3.93. The van der Waals surface area contributed by atoms with Crippen molar-refractivity contribution in [2.45, 2.75) is 24.2 Å². The van der Waals surface area contributed by atoms with E-state index < -0.39 is 0 Å². The van der Waals surface area contributed by atoms with Crippen molar-refractivity contribution in [1.82, 2.24) is 15.1 Å². The van der Waals surface area contributed by atoms with Crippen LogP contribution in [-0.4, -0.2) is 35.3 Å². The molecule has 1 aliphatic carbocycles. The summed E-state index contributed by atoms with van der Waals surface area (Å²) in [6, 6.07) is 8.47. The Bertz CT molecular complexity index is 813. The fourth-order valence-electron chi connectivity index (χ4n) is 4.53. The standard InChI is InChI=1S/C19H22N4O.ClH/c1-22-11-13(8-21-22)14-9-20-10-15(14)18(24)23-12-19(6-7-19)16-4-2-3-5-17(16)23;/h2-5,8,11,14-15,20H,6-7,9-10,12H2,1H3;1H/t14-,15+;/m1./s1. The lowest BCUT2D eigenvalue weighted by atomic mass is 9.89. The molecule has 5 nitrogen and oxygen atoms in total. The SMILES string of the molecule is Cl.Cn1cc([C@H]2CNC[C@@H]2C(=O)N2CC3(CC3)c3ccccc32)cn1. The second-order valence-corrected chi connectivity index (χ2v) is 7.54. The van der Waals surface area contributed by atoms with Crippen molar-refractivity contribution in [3.8, 4) is 0 Å². The molecule has 3 heterocycles. The van der Waals surface area contributed by atoms with Gasteiger partial charge in [-0.1, -0.05) is 18.2 Å². The van der Waals surface area contributed by atoms with E-state index in [0.717, 1.165) is 30.9 Å². The highest BCUT2D eigenvalue weighted by Gasteiger charge is 2.54. The molecule has 1 saturated carbocycles. The summed E-state index contributed by atoms with van der Waals surface area (Å²) < 4.78 is 1.82. The van der Waals surface area contributed by atoms with E-state index in [4.69, 9.17) is 0 Å². The van der Waals surface area contributed by atoms with Crippen LogP contribution in [0.4, 0.5) is 5.69 Å². The minimum Gasteiger partial charge on any atom is -0.315 e. The fourth-order valence-corrected chi connectivity index (χ4v) is 4.53. The summed E-state index contributed by atoms with van der Waals surface area (Å²) in [5, 5.41) is 7.70. The Morgan fingerprint density at radius 2 is 2.08 bits per heavy atom. The number of amides is 1. The molecule has 2 atom stereocenters. The van der Waals surface area contributed by atoms with Gasteiger partial charge in [-0.3, -0.25) is 9.48 Å². The normalized spacial score (nSPS) is 25.7. The van der Waals surface area contributed by atoms with E-state index in [1.807, 2.05) is 30.2 Å². The van der Waals surface area contributed by atoms with E-state index in [1.54, 1.807) is 0 Å². The van der Waals surface area contributed by atoms with Crippen molar-refractivity contribution in [2.24, 2.45) is 13.0 Å². The molecule has 1 N–H and O–H groups in total. The molecule has 5 rings (SSSR count). The van der Waals surface area contributed by atoms with Crippen molar-refractivity contribution >= 4 is 24.0 Å². The maximum absolute atomic E-state index is 13.4. The zero-order chi connectivity index (χ0) is 16.3. The summed E-state index contributed by atoms with van der Waals surface area (Å²) in [5.74, 6) is 0.482. The molecule has 0 bridgehead atoms. The number of hydrogen-bond acceptors (Lipinski definition) is 3. The molecular formula is C19H23ClN4O. The van der Waals surface area contributed by atoms with E-state index in [-0.39, 0.29) is 35.6 Å². The number of para-hydroxylation sites is 1. The first-order chi connectivity index (χ1) is 11.7. The third-order valence-corrected chi connectivity index (χ3v) is 6.03. The first-order valence-corrected chi connectivity index (χ1v) is 8.78. The number of hydrogen-bond donors (Lipinski definition) is 1. The van der Waals surface area contributed by atoms with Gasteiger partial charge in [-0.05, 0) is 30.0 Å². The minimum absolute atomic E-state index is 0. The quantitative estimate of drug-likeness (QED) is 0.895. The average molecular weight is 359 g/mol. The first kappa shape index (κ1) is 16.6. The van der Waals surface area contributed by atoms with E-state index in [9.17, 15) is 4.79 Å². The molecule has 2 aromatic rings. The van der Waals surface area contributed by atoms with E-state index >= 15 is 0 Å². The number of nitrogens with zero attached hydrogens (tertiary/aromatic N) is 3. The highest BCUT2D eigenvalue weighted by molar-refractivity contribution is 5.99. The van der Waals surface area contributed by atoms with Crippen molar-refractivity contribution in [3.05, 3.63) is 47.8 Å². The molecule has 2 aliphatic heterocycles. The highest BCUT2D eigenvalue weighted by atomic mass is 35.5. The molecule has 3 aliphatic rings. The van der Waals surface area contributed by atoms with Gasteiger partial charge in [-0.25, -0.2) is 0 Å². The molecule has 0 unspecified atom stereocenters. The molecule has 25 heavy (non-hydrogen) atoms. The van der Waals surface area contributed by atoms with Crippen LogP contribution < -0.4 is 10.2 Å². The zero-order valence-electron chi connectivity index (χ0n) is 14.3. The second kappa shape index (κ2) is 5.85. The van der Waals surface area contributed by atoms with Gasteiger partial charge in [0.15, 0.2) is 0 Å². The fraction of sp³-hybridized carbons (Fsp3) is 0.474. The Hall–Kier alpha value is -1.85. The molecule has 1 aromatic heterocycles. The molecule has 1 aromatic carbocycles. The van der Waals surface area contributed by atoms with Gasteiger partial charge in [-0.15, -0.1) is 12.4 Å². The van der Waals surface area contributed by atoms with Gasteiger partial charge >= 0.3 is 0 Å². The minimum atomic E-state index is -0.00356. The van der Waals surface area contributed by atoms with Gasteiger partial charge in [0.2, 0.25) is 5.91 Å². The van der Waals surface area contributed by atoms with Gasteiger partial charge in [0.1, 0.15) is 0 Å². The number of aryl methyl sites for hydroxylation is 1. The smallest absolute Gasteiger partial charge is 0.232 e. The Kier molecular flexibility index (Phi) is 3.89. The highest BCUT2D eigenvalue weighted by Crippen LogP contribution is 2.56. The van der Waals surface area contributed by atoms with Crippen molar-refractivity contribution in [3.63, 3.8) is 0 Å². The van der Waals surface area contributed by atoms with E-state index in [0.29, 0.717) is 0 Å². The van der Waals surface area contributed by atoms with Crippen LogP contribution in [0.3, 0.4) is 0 Å². The third kappa shape index (κ3) is 2.49. The van der Waals surface area contributed by atoms with Crippen LogP contribution in [-0.2, 0) is 17.3 Å². The molecule has 6 heteroatoms. The number of aromatic nitrogens is 2. The van der Waals surface area contributed by atoms with Crippen LogP contribution in [0, 0.1) is 5.92 Å². The van der Waals surface area contributed by atoms with Gasteiger partial charge in [-0.2, -0.15) is 5.10 Å². The van der Waals surface area contributed by atoms with Crippen LogP contribution in [0.25, 0.3) is 0 Å². The van der Waals surface area contributed by atoms with Crippen LogP contribution >= 0.6 is 12.4 Å². The Morgan fingerprint density at radius 1 is 1.28 bits per heavy atom. The van der Waals surface area contributed by atoms with E-state index in [1.165, 1.54) is 18.4 Å². The largest absolute Gasteiger partial charge is 0.315 e. The number of rotatable bonds is 2. The van der Waals surface area contributed by atoms with Crippen molar-refractivity contribution < 1.29 is 4.79 Å². The second-order valence-electron chi connectivity index (χ2n) is 7.54. The molecule has 132 valence electrons. The van der Waals surface area contributed by atoms with E-state index in [2.05, 4.69) is 33.5 Å². The number of carbonyl (C=O) groups excluding carboxylic acids is 1. The molecule has 0 radical (unpaired) electrons. The lowest BCUT2D eigenvalue weighted by Gasteiger charge is -2.24. The predicted octanol–water partition coefficient (Wildman–Crippen LogP) is 2.22. The summed E-state index contributed by atoms with van der Waals surface area (Å²) in [4.78, 5) is 15.4. The predicted molar refractivity (Wildman–Crippen MR) is 99.3 cm³/mol. The Morgan fingerprint density at radius 3 is 2.80 bits per heavy atom.